The first-order valence-electron chi connectivity index (χ1n) is 10.5. The van der Waals surface area contributed by atoms with Crippen molar-refractivity contribution in [1.82, 2.24) is 25.1 Å². The lowest BCUT2D eigenvalue weighted by Crippen LogP contribution is -2.25. The van der Waals surface area contributed by atoms with E-state index in [-0.39, 0.29) is 5.91 Å². The van der Waals surface area contributed by atoms with Gasteiger partial charge in [-0.05, 0) is 36.5 Å². The Bertz CT molecular complexity index is 960. The number of rotatable bonds is 7. The highest BCUT2D eigenvalue weighted by Gasteiger charge is 2.28. The van der Waals surface area contributed by atoms with Crippen molar-refractivity contribution < 1.29 is 4.79 Å². The second-order valence-corrected chi connectivity index (χ2v) is 8.74. The van der Waals surface area contributed by atoms with E-state index in [1.807, 2.05) is 48.7 Å². The predicted octanol–water partition coefficient (Wildman–Crippen LogP) is 4.50. The molecule has 30 heavy (non-hydrogen) atoms. The van der Waals surface area contributed by atoms with Gasteiger partial charge in [-0.3, -0.25) is 14.3 Å². The summed E-state index contributed by atoms with van der Waals surface area (Å²) in [5.41, 5.74) is 2.05. The number of nitrogens with one attached hydrogen (secondary N) is 1. The molecule has 1 aliphatic carbocycles. The minimum absolute atomic E-state index is 0.00183. The van der Waals surface area contributed by atoms with Crippen molar-refractivity contribution >= 4 is 17.7 Å². The van der Waals surface area contributed by atoms with Gasteiger partial charge in [-0.2, -0.15) is 0 Å². The van der Waals surface area contributed by atoms with Crippen LogP contribution in [0.2, 0.25) is 0 Å². The van der Waals surface area contributed by atoms with E-state index in [9.17, 15) is 4.79 Å². The van der Waals surface area contributed by atoms with Crippen LogP contribution in [0.4, 0.5) is 0 Å². The molecule has 0 unspecified atom stereocenters. The zero-order valence-electron chi connectivity index (χ0n) is 17.2. The second kappa shape index (κ2) is 9.89. The van der Waals surface area contributed by atoms with E-state index in [4.69, 9.17) is 0 Å². The van der Waals surface area contributed by atoms with Gasteiger partial charge < -0.3 is 5.32 Å². The summed E-state index contributed by atoms with van der Waals surface area (Å²) < 4.78 is 2.25. The number of benzene rings is 1. The number of hydrogen-bond acceptors (Lipinski definition) is 5. The van der Waals surface area contributed by atoms with Gasteiger partial charge in [0.25, 0.3) is 0 Å². The predicted molar refractivity (Wildman–Crippen MR) is 119 cm³/mol. The van der Waals surface area contributed by atoms with Crippen LogP contribution in [0, 0.1) is 5.92 Å². The summed E-state index contributed by atoms with van der Waals surface area (Å²) >= 11 is 1.46. The Kier molecular flexibility index (Phi) is 6.79. The van der Waals surface area contributed by atoms with Gasteiger partial charge in [-0.25, -0.2) is 0 Å². The quantitative estimate of drug-likeness (QED) is 0.569. The van der Waals surface area contributed by atoms with Crippen LogP contribution in [-0.4, -0.2) is 31.4 Å². The van der Waals surface area contributed by atoms with Crippen molar-refractivity contribution in [2.75, 3.05) is 5.75 Å². The molecule has 1 fully saturated rings. The van der Waals surface area contributed by atoms with E-state index in [2.05, 4.69) is 32.0 Å². The highest BCUT2D eigenvalue weighted by Crippen LogP contribution is 2.38. The number of amides is 1. The average molecular weight is 422 g/mol. The van der Waals surface area contributed by atoms with Gasteiger partial charge in [-0.15, -0.1) is 10.2 Å². The summed E-state index contributed by atoms with van der Waals surface area (Å²) in [6.45, 7) is 2.84. The Morgan fingerprint density at radius 3 is 2.73 bits per heavy atom. The first-order valence-corrected chi connectivity index (χ1v) is 11.5. The van der Waals surface area contributed by atoms with Crippen LogP contribution < -0.4 is 5.32 Å². The molecule has 3 aromatic rings. The number of nitrogens with zero attached hydrogens (tertiary/aromatic N) is 4. The van der Waals surface area contributed by atoms with Gasteiger partial charge in [0.1, 0.15) is 0 Å². The van der Waals surface area contributed by atoms with E-state index in [1.165, 1.54) is 31.0 Å². The van der Waals surface area contributed by atoms with Gasteiger partial charge in [0.2, 0.25) is 5.91 Å². The van der Waals surface area contributed by atoms with Gasteiger partial charge in [0.05, 0.1) is 5.75 Å². The number of carbonyl (C=O) groups excluding carboxylic acids is 1. The van der Waals surface area contributed by atoms with Crippen LogP contribution in [0.5, 0.6) is 0 Å². The fraction of sp³-hybridized carbons (Fsp3) is 0.391. The van der Waals surface area contributed by atoms with Crippen molar-refractivity contribution in [2.45, 2.75) is 50.4 Å². The maximum Gasteiger partial charge on any atom is 0.230 e. The number of thioether (sulfide) groups is 1. The Hall–Kier alpha value is -2.67. The molecule has 7 heteroatoms. The van der Waals surface area contributed by atoms with Crippen LogP contribution in [0.15, 0.2) is 60.0 Å². The standard InChI is InChI=1S/C23H27N5OS/c1-17-8-5-6-12-20(17)28-22(19-11-7-13-24-15-19)26-27-23(28)30-16-21(29)25-14-18-9-3-2-4-10-18/h2-4,7,9-11,13,15,17,20H,5-6,8,12,14,16H2,1H3,(H,25,29)/t17-,20-/m1/s1. The summed E-state index contributed by atoms with van der Waals surface area (Å²) in [6, 6.07) is 14.2. The monoisotopic (exact) mass is 421 g/mol. The molecule has 0 bridgehead atoms. The number of aromatic nitrogens is 4. The minimum Gasteiger partial charge on any atom is -0.351 e. The summed E-state index contributed by atoms with van der Waals surface area (Å²) in [7, 11) is 0. The third-order valence-corrected chi connectivity index (χ3v) is 6.59. The average Bonchev–Trinajstić information content (AvgIpc) is 3.21. The maximum atomic E-state index is 12.4. The van der Waals surface area contributed by atoms with Crippen LogP contribution >= 0.6 is 11.8 Å². The van der Waals surface area contributed by atoms with E-state index in [0.717, 1.165) is 28.5 Å². The van der Waals surface area contributed by atoms with Crippen molar-refractivity contribution in [3.8, 4) is 11.4 Å². The lowest BCUT2D eigenvalue weighted by molar-refractivity contribution is -0.118. The molecule has 1 aliphatic rings. The molecule has 1 saturated carbocycles. The minimum atomic E-state index is -0.00183. The molecule has 0 saturated heterocycles. The third-order valence-electron chi connectivity index (χ3n) is 5.65. The number of pyridine rings is 1. The molecule has 6 nitrogen and oxygen atoms in total. The van der Waals surface area contributed by atoms with Gasteiger partial charge in [-0.1, -0.05) is 61.9 Å². The van der Waals surface area contributed by atoms with E-state index < -0.39 is 0 Å². The van der Waals surface area contributed by atoms with Crippen molar-refractivity contribution in [3.05, 3.63) is 60.4 Å². The Balaban J connectivity index is 1.49. The Morgan fingerprint density at radius 2 is 1.97 bits per heavy atom. The smallest absolute Gasteiger partial charge is 0.230 e. The second-order valence-electron chi connectivity index (χ2n) is 7.80. The molecule has 4 rings (SSSR count). The fourth-order valence-corrected chi connectivity index (χ4v) is 4.85. The SMILES string of the molecule is C[C@@H]1CCCC[C@H]1n1c(SCC(=O)NCc2ccccc2)nnc1-c1cccnc1. The van der Waals surface area contributed by atoms with Gasteiger partial charge in [0, 0.05) is 30.5 Å². The van der Waals surface area contributed by atoms with E-state index in [0.29, 0.717) is 24.3 Å². The number of hydrogen-bond donors (Lipinski definition) is 1. The molecular formula is C23H27N5OS. The first kappa shape index (κ1) is 20.6. The molecule has 0 aliphatic heterocycles. The van der Waals surface area contributed by atoms with Gasteiger partial charge >= 0.3 is 0 Å². The molecule has 2 aromatic heterocycles. The number of carbonyl (C=O) groups is 1. The summed E-state index contributed by atoms with van der Waals surface area (Å²) in [4.78, 5) is 16.7. The molecule has 2 atom stereocenters. The maximum absolute atomic E-state index is 12.4. The lowest BCUT2D eigenvalue weighted by Gasteiger charge is -2.31. The Labute approximate surface area is 181 Å². The highest BCUT2D eigenvalue weighted by molar-refractivity contribution is 7.99. The fourth-order valence-electron chi connectivity index (χ4n) is 4.02. The summed E-state index contributed by atoms with van der Waals surface area (Å²) in [6.07, 6.45) is 8.39. The van der Waals surface area contributed by atoms with Crippen molar-refractivity contribution in [1.29, 1.82) is 0 Å². The third kappa shape index (κ3) is 4.90. The molecule has 1 aromatic carbocycles. The molecule has 0 radical (unpaired) electrons. The normalized spacial score (nSPS) is 18.8. The topological polar surface area (TPSA) is 72.7 Å². The first-order chi connectivity index (χ1) is 14.7. The molecular weight excluding hydrogens is 394 g/mol. The van der Waals surface area contributed by atoms with Crippen molar-refractivity contribution in [2.24, 2.45) is 5.92 Å². The van der Waals surface area contributed by atoms with Crippen LogP contribution in [-0.2, 0) is 11.3 Å². The zero-order chi connectivity index (χ0) is 20.8. The van der Waals surface area contributed by atoms with E-state index in [1.54, 1.807) is 6.20 Å². The van der Waals surface area contributed by atoms with E-state index >= 15 is 0 Å². The van der Waals surface area contributed by atoms with Gasteiger partial charge in [0.15, 0.2) is 11.0 Å². The molecule has 1 amide bonds. The molecule has 156 valence electrons. The van der Waals surface area contributed by atoms with Crippen molar-refractivity contribution in [3.63, 3.8) is 0 Å². The summed E-state index contributed by atoms with van der Waals surface area (Å²) in [5, 5.41) is 12.7. The zero-order valence-corrected chi connectivity index (χ0v) is 18.0. The molecule has 1 N–H and O–H groups in total. The van der Waals surface area contributed by atoms with Crippen LogP contribution in [0.1, 0.15) is 44.2 Å². The largest absolute Gasteiger partial charge is 0.351 e. The van der Waals surface area contributed by atoms with Crippen LogP contribution in [0.25, 0.3) is 11.4 Å². The highest BCUT2D eigenvalue weighted by atomic mass is 32.2. The lowest BCUT2D eigenvalue weighted by atomic mass is 9.85. The molecule has 2 heterocycles. The van der Waals surface area contributed by atoms with Crippen LogP contribution in [0.3, 0.4) is 0 Å². The summed E-state index contributed by atoms with van der Waals surface area (Å²) in [5.74, 6) is 1.71. The molecule has 0 spiro atoms. The Morgan fingerprint density at radius 1 is 1.13 bits per heavy atom.